The van der Waals surface area contributed by atoms with Gasteiger partial charge >= 0.3 is 0 Å². The summed E-state index contributed by atoms with van der Waals surface area (Å²) in [5, 5.41) is 6.02. The third-order valence-corrected chi connectivity index (χ3v) is 3.64. The average Bonchev–Trinajstić information content (AvgIpc) is 2.58. The first-order valence-electron chi connectivity index (χ1n) is 7.94. The second-order valence-corrected chi connectivity index (χ2v) is 5.52. The van der Waals surface area contributed by atoms with Crippen molar-refractivity contribution >= 4 is 11.6 Å². The zero-order valence-electron chi connectivity index (χ0n) is 14.4. The summed E-state index contributed by atoms with van der Waals surface area (Å²) >= 11 is 0. The molecule has 0 saturated carbocycles. The average molecular weight is 328 g/mol. The zero-order valence-corrected chi connectivity index (χ0v) is 14.4. The molecule has 0 aromatic heterocycles. The highest BCUT2D eigenvalue weighted by molar-refractivity contribution is 5.93. The largest absolute Gasteiger partial charge is 0.497 e. The van der Waals surface area contributed by atoms with E-state index in [0.717, 1.165) is 28.3 Å². The van der Waals surface area contributed by atoms with Crippen LogP contribution in [0.25, 0.3) is 0 Å². The van der Waals surface area contributed by atoms with Gasteiger partial charge in [0.25, 0.3) is 0 Å². The molecule has 0 fully saturated rings. The van der Waals surface area contributed by atoms with Crippen molar-refractivity contribution < 1.29 is 14.3 Å². The molecule has 0 atom stereocenters. The minimum absolute atomic E-state index is 0.0585. The van der Waals surface area contributed by atoms with Crippen molar-refractivity contribution in [3.05, 3.63) is 53.6 Å². The van der Waals surface area contributed by atoms with Crippen LogP contribution in [0.15, 0.2) is 42.5 Å². The van der Waals surface area contributed by atoms with E-state index in [1.54, 1.807) is 7.11 Å². The maximum Gasteiger partial charge on any atom is 0.238 e. The van der Waals surface area contributed by atoms with Crippen molar-refractivity contribution in [3.8, 4) is 11.5 Å². The smallest absolute Gasteiger partial charge is 0.238 e. The van der Waals surface area contributed by atoms with Crippen LogP contribution in [0.1, 0.15) is 11.1 Å². The highest BCUT2D eigenvalue weighted by Gasteiger charge is 2.06. The van der Waals surface area contributed by atoms with Crippen molar-refractivity contribution in [2.45, 2.75) is 13.8 Å². The Labute approximate surface area is 143 Å². The number of rotatable bonds is 8. The summed E-state index contributed by atoms with van der Waals surface area (Å²) < 4.78 is 10.7. The van der Waals surface area contributed by atoms with Crippen LogP contribution >= 0.6 is 0 Å². The highest BCUT2D eigenvalue weighted by atomic mass is 16.5. The lowest BCUT2D eigenvalue weighted by molar-refractivity contribution is -0.115. The van der Waals surface area contributed by atoms with Crippen LogP contribution in [0.4, 0.5) is 5.69 Å². The zero-order chi connectivity index (χ0) is 17.4. The van der Waals surface area contributed by atoms with Crippen LogP contribution in [0.5, 0.6) is 11.5 Å². The molecule has 0 heterocycles. The number of nitrogens with one attached hydrogen (secondary N) is 2. The Kier molecular flexibility index (Phi) is 6.63. The molecular formula is C19H24N2O3. The van der Waals surface area contributed by atoms with Crippen LogP contribution in [-0.2, 0) is 4.79 Å². The Bertz CT molecular complexity index is 649. The Morgan fingerprint density at radius 3 is 2.25 bits per heavy atom. The van der Waals surface area contributed by atoms with Gasteiger partial charge in [0.05, 0.1) is 13.7 Å². The number of hydrogen-bond acceptors (Lipinski definition) is 4. The summed E-state index contributed by atoms with van der Waals surface area (Å²) in [6, 6.07) is 13.4. The van der Waals surface area contributed by atoms with E-state index in [1.165, 1.54) is 0 Å². The SMILES string of the molecule is COc1ccc(OCCNCC(=O)Nc2c(C)cccc2C)cc1. The molecule has 0 aliphatic rings. The third-order valence-electron chi connectivity index (χ3n) is 3.64. The second kappa shape index (κ2) is 8.93. The molecule has 2 aromatic carbocycles. The van der Waals surface area contributed by atoms with Crippen molar-refractivity contribution in [3.63, 3.8) is 0 Å². The normalized spacial score (nSPS) is 10.3. The molecule has 0 saturated heterocycles. The molecule has 0 aliphatic carbocycles. The van der Waals surface area contributed by atoms with Gasteiger partial charge < -0.3 is 20.1 Å². The van der Waals surface area contributed by atoms with E-state index in [0.29, 0.717) is 13.2 Å². The fourth-order valence-corrected chi connectivity index (χ4v) is 2.31. The van der Waals surface area contributed by atoms with Gasteiger partial charge in [0.15, 0.2) is 0 Å². The fraction of sp³-hybridized carbons (Fsp3) is 0.316. The number of para-hydroxylation sites is 1. The lowest BCUT2D eigenvalue weighted by Crippen LogP contribution is -2.31. The van der Waals surface area contributed by atoms with Crippen molar-refractivity contribution in [1.29, 1.82) is 0 Å². The Morgan fingerprint density at radius 2 is 1.62 bits per heavy atom. The van der Waals surface area contributed by atoms with Gasteiger partial charge in [0, 0.05) is 12.2 Å². The van der Waals surface area contributed by atoms with Gasteiger partial charge in [-0.2, -0.15) is 0 Å². The topological polar surface area (TPSA) is 59.6 Å². The minimum atomic E-state index is -0.0585. The van der Waals surface area contributed by atoms with Crippen LogP contribution < -0.4 is 20.1 Å². The molecular weight excluding hydrogens is 304 g/mol. The number of anilines is 1. The lowest BCUT2D eigenvalue weighted by atomic mass is 10.1. The summed E-state index contributed by atoms with van der Waals surface area (Å²) in [5.74, 6) is 1.51. The Hall–Kier alpha value is -2.53. The van der Waals surface area contributed by atoms with Gasteiger partial charge in [-0.1, -0.05) is 18.2 Å². The maximum absolute atomic E-state index is 12.0. The van der Waals surface area contributed by atoms with Gasteiger partial charge in [-0.05, 0) is 49.2 Å². The minimum Gasteiger partial charge on any atom is -0.497 e. The molecule has 0 radical (unpaired) electrons. The molecule has 2 N–H and O–H groups in total. The number of methoxy groups -OCH3 is 1. The molecule has 2 rings (SSSR count). The van der Waals surface area contributed by atoms with E-state index in [-0.39, 0.29) is 12.5 Å². The summed E-state index contributed by atoms with van der Waals surface area (Å²) in [6.45, 7) is 5.30. The molecule has 0 spiro atoms. The summed E-state index contributed by atoms with van der Waals surface area (Å²) in [5.41, 5.74) is 3.01. The molecule has 128 valence electrons. The number of amides is 1. The van der Waals surface area contributed by atoms with E-state index >= 15 is 0 Å². The van der Waals surface area contributed by atoms with Crippen LogP contribution in [0.2, 0.25) is 0 Å². The number of ether oxygens (including phenoxy) is 2. The van der Waals surface area contributed by atoms with E-state index < -0.39 is 0 Å². The van der Waals surface area contributed by atoms with E-state index in [1.807, 2.05) is 56.3 Å². The first kappa shape index (κ1) is 17.8. The van der Waals surface area contributed by atoms with Gasteiger partial charge in [-0.25, -0.2) is 0 Å². The monoisotopic (exact) mass is 328 g/mol. The van der Waals surface area contributed by atoms with Crippen molar-refractivity contribution in [1.82, 2.24) is 5.32 Å². The van der Waals surface area contributed by atoms with Crippen molar-refractivity contribution in [2.24, 2.45) is 0 Å². The fourth-order valence-electron chi connectivity index (χ4n) is 2.31. The number of hydrogen-bond donors (Lipinski definition) is 2. The van der Waals surface area contributed by atoms with Gasteiger partial charge in [0.1, 0.15) is 18.1 Å². The molecule has 0 bridgehead atoms. The standard InChI is InChI=1S/C19H24N2O3/c1-14-5-4-6-15(2)19(14)21-18(22)13-20-11-12-24-17-9-7-16(23-3)8-10-17/h4-10,20H,11-13H2,1-3H3,(H,21,22). The Balaban J connectivity index is 1.67. The van der Waals surface area contributed by atoms with Crippen LogP contribution in [0.3, 0.4) is 0 Å². The van der Waals surface area contributed by atoms with Crippen LogP contribution in [-0.4, -0.2) is 32.7 Å². The molecule has 0 aliphatic heterocycles. The van der Waals surface area contributed by atoms with Crippen LogP contribution in [0, 0.1) is 13.8 Å². The predicted molar refractivity (Wildman–Crippen MR) is 95.9 cm³/mol. The van der Waals surface area contributed by atoms with Gasteiger partial charge in [-0.3, -0.25) is 4.79 Å². The number of benzene rings is 2. The third kappa shape index (κ3) is 5.28. The first-order valence-corrected chi connectivity index (χ1v) is 7.94. The Morgan fingerprint density at radius 1 is 1.00 bits per heavy atom. The second-order valence-electron chi connectivity index (χ2n) is 5.52. The van der Waals surface area contributed by atoms with Gasteiger partial charge in [0.2, 0.25) is 5.91 Å². The number of aryl methyl sites for hydroxylation is 2. The summed E-state index contributed by atoms with van der Waals surface area (Å²) in [4.78, 5) is 12.0. The molecule has 0 unspecified atom stereocenters. The number of carbonyl (C=O) groups excluding carboxylic acids is 1. The molecule has 24 heavy (non-hydrogen) atoms. The molecule has 5 heteroatoms. The quantitative estimate of drug-likeness (QED) is 0.732. The van der Waals surface area contributed by atoms with E-state index in [9.17, 15) is 4.79 Å². The van der Waals surface area contributed by atoms with E-state index in [2.05, 4.69) is 10.6 Å². The summed E-state index contributed by atoms with van der Waals surface area (Å²) in [7, 11) is 1.63. The highest BCUT2D eigenvalue weighted by Crippen LogP contribution is 2.19. The van der Waals surface area contributed by atoms with E-state index in [4.69, 9.17) is 9.47 Å². The molecule has 1 amide bonds. The maximum atomic E-state index is 12.0. The molecule has 2 aromatic rings. The first-order chi connectivity index (χ1) is 11.6. The molecule has 5 nitrogen and oxygen atoms in total. The predicted octanol–water partition coefficient (Wildman–Crippen LogP) is 2.92. The van der Waals surface area contributed by atoms with Gasteiger partial charge in [-0.15, -0.1) is 0 Å². The summed E-state index contributed by atoms with van der Waals surface area (Å²) in [6.07, 6.45) is 0. The van der Waals surface area contributed by atoms with Crippen molar-refractivity contribution in [2.75, 3.05) is 32.1 Å². The number of carbonyl (C=O) groups is 1. The lowest BCUT2D eigenvalue weighted by Gasteiger charge is -2.12.